The molecule has 2 bridgehead atoms. The highest BCUT2D eigenvalue weighted by molar-refractivity contribution is 5.98. The van der Waals surface area contributed by atoms with Crippen LogP contribution in [0.15, 0.2) is 59.4 Å². The number of halogens is 3. The molecule has 3 fully saturated rings. The molecule has 2 saturated heterocycles. The lowest BCUT2D eigenvalue weighted by atomic mass is 9.50. The van der Waals surface area contributed by atoms with Crippen molar-refractivity contribution in [1.29, 1.82) is 0 Å². The van der Waals surface area contributed by atoms with E-state index in [4.69, 9.17) is 9.47 Å². The normalized spacial score (nSPS) is 36.0. The molecule has 2 N–H and O–H groups in total. The van der Waals surface area contributed by atoms with Crippen molar-refractivity contribution in [3.05, 3.63) is 65.0 Å². The molecule has 44 heavy (non-hydrogen) atoms. The molecule has 1 amide bonds. The number of likely N-dealkylation sites (tertiary alicyclic amines) is 1. The zero-order valence-corrected chi connectivity index (χ0v) is 25.4. The largest absolute Gasteiger partial charge is 0.573 e. The lowest BCUT2D eigenvalue weighted by Gasteiger charge is -2.62. The second-order valence-corrected chi connectivity index (χ2v) is 13.6. The quantitative estimate of drug-likeness (QED) is 0.138. The summed E-state index contributed by atoms with van der Waals surface area (Å²) in [7, 11) is 2.35. The third-order valence-electron chi connectivity index (χ3n) is 10.4. The number of piperidine rings is 1. The van der Waals surface area contributed by atoms with E-state index >= 15 is 0 Å². The highest BCUT2D eigenvalue weighted by atomic mass is 19.4. The fraction of sp³-hybridized carbons (Fsp3) is 0.576. The second-order valence-electron chi connectivity index (χ2n) is 13.6. The first-order valence-corrected chi connectivity index (χ1v) is 15.4. The van der Waals surface area contributed by atoms with Gasteiger partial charge in [-0.2, -0.15) is 0 Å². The average molecular weight is 618 g/mol. The van der Waals surface area contributed by atoms with Gasteiger partial charge in [-0.25, -0.2) is 0 Å². The van der Waals surface area contributed by atoms with Crippen LogP contribution in [-0.4, -0.2) is 71.9 Å². The summed E-state index contributed by atoms with van der Waals surface area (Å²) in [5, 5.41) is 13.3. The second kappa shape index (κ2) is 10.7. The smallest absolute Gasteiger partial charge is 0.504 e. The van der Waals surface area contributed by atoms with E-state index in [1.165, 1.54) is 37.3 Å². The molecule has 5 aliphatic rings. The van der Waals surface area contributed by atoms with Gasteiger partial charge in [0.05, 0.1) is 32.3 Å². The number of carbonyl (C=O) groups excluding carboxylic acids is 2. The summed E-state index contributed by atoms with van der Waals surface area (Å²) in [6.07, 6.45) is 1.43. The summed E-state index contributed by atoms with van der Waals surface area (Å²) >= 11 is 0. The van der Waals surface area contributed by atoms with Gasteiger partial charge in [-0.05, 0) is 30.1 Å². The van der Waals surface area contributed by atoms with Crippen LogP contribution in [0.1, 0.15) is 58.4 Å². The first-order chi connectivity index (χ1) is 20.7. The SMILES string of the molecule is CC(=O)OC1(NC(=O)C(OC(F)(F)F)=C(O)c2ccccc2)C=CC2=C3C1O[C@H]1CCC[C@H]4[C@@H](C2)[N+](C)(CC(C)C)CC[C@]314. The lowest BCUT2D eigenvalue weighted by molar-refractivity contribution is -0.948. The lowest BCUT2D eigenvalue weighted by Crippen LogP contribution is -2.69. The molecule has 0 aromatic heterocycles. The molecule has 8 nitrogen and oxygen atoms in total. The number of hydrogen-bond acceptors (Lipinski definition) is 6. The number of carbonyl (C=O) groups is 2. The number of alkyl halides is 3. The Labute approximate surface area is 255 Å². The molecule has 2 aliphatic heterocycles. The summed E-state index contributed by atoms with van der Waals surface area (Å²) in [5.41, 5.74) is -0.251. The van der Waals surface area contributed by atoms with Crippen LogP contribution in [0, 0.1) is 17.3 Å². The predicted molar refractivity (Wildman–Crippen MR) is 154 cm³/mol. The van der Waals surface area contributed by atoms with E-state index in [2.05, 4.69) is 30.9 Å². The van der Waals surface area contributed by atoms with E-state index < -0.39 is 41.6 Å². The van der Waals surface area contributed by atoms with Gasteiger partial charge in [-0.1, -0.05) is 56.7 Å². The molecule has 0 radical (unpaired) electrons. The first-order valence-electron chi connectivity index (χ1n) is 15.4. The molecule has 1 aromatic rings. The fourth-order valence-corrected chi connectivity index (χ4v) is 9.12. The van der Waals surface area contributed by atoms with Gasteiger partial charge in [-0.3, -0.25) is 9.59 Å². The summed E-state index contributed by atoms with van der Waals surface area (Å²) in [5.74, 6) is -3.67. The van der Waals surface area contributed by atoms with E-state index in [1.807, 2.05) is 6.08 Å². The van der Waals surface area contributed by atoms with Crippen LogP contribution in [-0.2, 0) is 23.8 Å². The van der Waals surface area contributed by atoms with Crippen LogP contribution in [0.5, 0.6) is 0 Å². The van der Waals surface area contributed by atoms with Gasteiger partial charge in [-0.15, -0.1) is 13.2 Å². The number of amides is 1. The van der Waals surface area contributed by atoms with Crippen molar-refractivity contribution in [3.8, 4) is 0 Å². The van der Waals surface area contributed by atoms with E-state index in [1.54, 1.807) is 6.07 Å². The highest BCUT2D eigenvalue weighted by Gasteiger charge is 2.71. The molecule has 3 unspecified atom stereocenters. The summed E-state index contributed by atoms with van der Waals surface area (Å²) in [6.45, 7) is 7.68. The zero-order valence-electron chi connectivity index (χ0n) is 25.4. The number of allylic oxidation sites excluding steroid dienone is 1. The van der Waals surface area contributed by atoms with Crippen molar-refractivity contribution >= 4 is 17.6 Å². The van der Waals surface area contributed by atoms with Gasteiger partial charge in [0, 0.05) is 42.6 Å². The number of quaternary nitrogens is 1. The van der Waals surface area contributed by atoms with Crippen LogP contribution >= 0.6 is 0 Å². The molecule has 1 spiro atoms. The highest BCUT2D eigenvalue weighted by Crippen LogP contribution is 2.67. The summed E-state index contributed by atoms with van der Waals surface area (Å²) in [4.78, 5) is 26.3. The number of rotatable bonds is 7. The standard InChI is InChI=1S/C33H39F3N2O6/c1-19(2)18-38(4)16-15-31-23-11-8-12-25(31)42-29-26(31)22(17-24(23)38)13-14-32(29,43-20(3)39)37-30(41)28(44-33(34,35)36)27(40)21-9-6-5-7-10-21/h5-7,9-10,13-14,19,23-25,29H,8,11-12,15-18H2,1-4H3,(H-,37,40,41)/p+1/t23-,24+,25-,29?,31+,32?,38?/m0/s1. The average Bonchev–Trinajstić information content (AvgIpc) is 3.29. The van der Waals surface area contributed by atoms with E-state index in [9.17, 15) is 27.9 Å². The maximum Gasteiger partial charge on any atom is 0.573 e. The number of nitrogens with one attached hydrogen (secondary N) is 1. The van der Waals surface area contributed by atoms with Crippen molar-refractivity contribution in [2.45, 2.75) is 83.2 Å². The Bertz CT molecular complexity index is 1440. The van der Waals surface area contributed by atoms with Crippen molar-refractivity contribution in [2.24, 2.45) is 17.3 Å². The van der Waals surface area contributed by atoms with Gasteiger partial charge >= 0.3 is 12.3 Å². The van der Waals surface area contributed by atoms with E-state index in [-0.39, 0.29) is 17.1 Å². The van der Waals surface area contributed by atoms with Crippen molar-refractivity contribution in [3.63, 3.8) is 0 Å². The maximum absolute atomic E-state index is 13.7. The minimum atomic E-state index is -5.28. The minimum Gasteiger partial charge on any atom is -0.504 e. The Morgan fingerprint density at radius 1 is 1.20 bits per heavy atom. The molecular formula is C33H40F3N2O6+. The Kier molecular flexibility index (Phi) is 7.43. The molecule has 11 heteroatoms. The Balaban J connectivity index is 1.42. The number of aliphatic hydroxyl groups excluding tert-OH is 1. The Morgan fingerprint density at radius 3 is 2.59 bits per heavy atom. The van der Waals surface area contributed by atoms with Crippen molar-refractivity contribution < 1.29 is 46.6 Å². The van der Waals surface area contributed by atoms with E-state index in [0.717, 1.165) is 60.8 Å². The Morgan fingerprint density at radius 2 is 1.93 bits per heavy atom. The zero-order chi connectivity index (χ0) is 31.7. The molecule has 3 aliphatic carbocycles. The first kappa shape index (κ1) is 30.7. The van der Waals surface area contributed by atoms with Crippen LogP contribution in [0.25, 0.3) is 5.76 Å². The third-order valence-corrected chi connectivity index (χ3v) is 10.4. The molecular weight excluding hydrogens is 577 g/mol. The van der Waals surface area contributed by atoms with Crippen LogP contribution in [0.4, 0.5) is 13.2 Å². The van der Waals surface area contributed by atoms with Crippen LogP contribution in [0.3, 0.4) is 0 Å². The van der Waals surface area contributed by atoms with Gasteiger partial charge in [0.25, 0.3) is 5.91 Å². The van der Waals surface area contributed by atoms with Crippen LogP contribution in [0.2, 0.25) is 0 Å². The number of benzene rings is 1. The maximum atomic E-state index is 13.7. The molecule has 7 atom stereocenters. The summed E-state index contributed by atoms with van der Waals surface area (Å²) < 4.78 is 58.3. The van der Waals surface area contributed by atoms with Gasteiger partial charge < -0.3 is 29.1 Å². The molecule has 1 aromatic carbocycles. The van der Waals surface area contributed by atoms with Gasteiger partial charge in [0.2, 0.25) is 11.5 Å². The van der Waals surface area contributed by atoms with Crippen molar-refractivity contribution in [1.82, 2.24) is 5.32 Å². The number of esters is 1. The monoisotopic (exact) mass is 617 g/mol. The molecule has 6 rings (SSSR count). The van der Waals surface area contributed by atoms with Crippen molar-refractivity contribution in [2.75, 3.05) is 20.1 Å². The molecule has 238 valence electrons. The Hall–Kier alpha value is -3.31. The topological polar surface area (TPSA) is 94.1 Å². The van der Waals surface area contributed by atoms with E-state index in [0.29, 0.717) is 17.9 Å². The molecule has 1 saturated carbocycles. The summed E-state index contributed by atoms with van der Waals surface area (Å²) in [6, 6.07) is 7.69. The number of hydrogen-bond donors (Lipinski definition) is 2. The third kappa shape index (κ3) is 4.92. The number of aliphatic hydroxyl groups is 1. The number of nitrogens with zero attached hydrogens (tertiary/aromatic N) is 1. The fourth-order valence-electron chi connectivity index (χ4n) is 9.12. The van der Waals surface area contributed by atoms with Gasteiger partial charge in [0.15, 0.2) is 5.76 Å². The molecule has 2 heterocycles. The van der Waals surface area contributed by atoms with Crippen LogP contribution < -0.4 is 5.32 Å². The van der Waals surface area contributed by atoms with Gasteiger partial charge in [0.1, 0.15) is 6.10 Å². The number of ether oxygens (including phenoxy) is 3. The minimum absolute atomic E-state index is 0.0550. The predicted octanol–water partition coefficient (Wildman–Crippen LogP) is 5.52.